The van der Waals surface area contributed by atoms with Gasteiger partial charge in [0.1, 0.15) is 5.54 Å². The number of aryl methyl sites for hydroxylation is 1. The van der Waals surface area contributed by atoms with Gasteiger partial charge in [-0.25, -0.2) is 0 Å². The van der Waals surface area contributed by atoms with Crippen LogP contribution < -0.4 is 5.32 Å². The zero-order chi connectivity index (χ0) is 16.1. The molecule has 0 spiro atoms. The van der Waals surface area contributed by atoms with Crippen LogP contribution in [0, 0.1) is 6.92 Å². The standard InChI is InChI=1S/C21H19NO/c1-17-10-8-9-15-20(17)21(22-16-23,18-11-4-2-5-12-18)19-13-6-3-7-14-19/h2-16H,1H3,(H,22,23). The molecule has 0 aromatic heterocycles. The van der Waals surface area contributed by atoms with Gasteiger partial charge >= 0.3 is 0 Å². The highest BCUT2D eigenvalue weighted by molar-refractivity contribution is 5.60. The highest BCUT2D eigenvalue weighted by Crippen LogP contribution is 2.37. The zero-order valence-corrected chi connectivity index (χ0v) is 13.1. The Morgan fingerprint density at radius 2 is 1.22 bits per heavy atom. The minimum Gasteiger partial charge on any atom is -0.341 e. The van der Waals surface area contributed by atoms with E-state index in [0.29, 0.717) is 0 Å². The van der Waals surface area contributed by atoms with E-state index in [2.05, 4.69) is 48.6 Å². The molecule has 2 heteroatoms. The number of carbonyl (C=O) groups excluding carboxylic acids is 1. The lowest BCUT2D eigenvalue weighted by molar-refractivity contribution is -0.110. The Kier molecular flexibility index (Phi) is 4.24. The molecule has 0 radical (unpaired) electrons. The number of hydrogen-bond acceptors (Lipinski definition) is 1. The van der Waals surface area contributed by atoms with Gasteiger partial charge in [-0.15, -0.1) is 0 Å². The van der Waals surface area contributed by atoms with Crippen LogP contribution in [0.3, 0.4) is 0 Å². The van der Waals surface area contributed by atoms with Crippen molar-refractivity contribution in [1.29, 1.82) is 0 Å². The summed E-state index contributed by atoms with van der Waals surface area (Å²) >= 11 is 0. The minimum atomic E-state index is -0.699. The topological polar surface area (TPSA) is 29.1 Å². The normalized spacial score (nSPS) is 11.0. The fourth-order valence-electron chi connectivity index (χ4n) is 3.18. The maximum Gasteiger partial charge on any atom is 0.208 e. The van der Waals surface area contributed by atoms with Crippen LogP contribution in [0.25, 0.3) is 0 Å². The van der Waals surface area contributed by atoms with E-state index in [0.717, 1.165) is 28.7 Å². The minimum absolute atomic E-state index is 0.699. The average molecular weight is 301 g/mol. The zero-order valence-electron chi connectivity index (χ0n) is 13.1. The fourth-order valence-corrected chi connectivity index (χ4v) is 3.18. The predicted octanol–water partition coefficient (Wildman–Crippen LogP) is 4.03. The number of carbonyl (C=O) groups is 1. The van der Waals surface area contributed by atoms with Gasteiger partial charge in [-0.3, -0.25) is 4.79 Å². The van der Waals surface area contributed by atoms with Gasteiger partial charge in [-0.1, -0.05) is 84.9 Å². The fraction of sp³-hybridized carbons (Fsp3) is 0.0952. The van der Waals surface area contributed by atoms with Crippen LogP contribution in [0.1, 0.15) is 22.3 Å². The van der Waals surface area contributed by atoms with Crippen molar-refractivity contribution in [3.05, 3.63) is 107 Å². The van der Waals surface area contributed by atoms with E-state index in [4.69, 9.17) is 0 Å². The first-order valence-electron chi connectivity index (χ1n) is 7.67. The van der Waals surface area contributed by atoms with Gasteiger partial charge in [0, 0.05) is 0 Å². The van der Waals surface area contributed by atoms with Crippen LogP contribution >= 0.6 is 0 Å². The SMILES string of the molecule is Cc1ccccc1C(NC=O)(c1ccccc1)c1ccccc1. The Morgan fingerprint density at radius 3 is 1.70 bits per heavy atom. The second kappa shape index (κ2) is 6.49. The van der Waals surface area contributed by atoms with E-state index >= 15 is 0 Å². The number of hydrogen-bond donors (Lipinski definition) is 1. The second-order valence-electron chi connectivity index (χ2n) is 5.56. The first-order chi connectivity index (χ1) is 11.3. The Bertz CT molecular complexity index is 742. The number of amides is 1. The molecule has 2 nitrogen and oxygen atoms in total. The molecule has 3 rings (SSSR count). The summed E-state index contributed by atoms with van der Waals surface area (Å²) < 4.78 is 0. The molecule has 0 fully saturated rings. The number of benzene rings is 3. The highest BCUT2D eigenvalue weighted by atomic mass is 16.1. The van der Waals surface area contributed by atoms with E-state index in [1.165, 1.54) is 0 Å². The lowest BCUT2D eigenvalue weighted by Gasteiger charge is -2.36. The molecule has 3 aromatic carbocycles. The van der Waals surface area contributed by atoms with E-state index < -0.39 is 5.54 Å². The van der Waals surface area contributed by atoms with Gasteiger partial charge in [0.2, 0.25) is 6.41 Å². The molecule has 114 valence electrons. The second-order valence-corrected chi connectivity index (χ2v) is 5.56. The van der Waals surface area contributed by atoms with Crippen molar-refractivity contribution < 1.29 is 4.79 Å². The molecule has 0 heterocycles. The molecule has 0 unspecified atom stereocenters. The van der Waals surface area contributed by atoms with Gasteiger partial charge in [0.25, 0.3) is 0 Å². The summed E-state index contributed by atoms with van der Waals surface area (Å²) in [6.07, 6.45) is 0.784. The molecule has 0 saturated heterocycles. The molecule has 3 aromatic rings. The molecule has 0 bridgehead atoms. The summed E-state index contributed by atoms with van der Waals surface area (Å²) in [6, 6.07) is 28.3. The molecular formula is C21H19NO. The predicted molar refractivity (Wildman–Crippen MR) is 93.1 cm³/mol. The van der Waals surface area contributed by atoms with Crippen molar-refractivity contribution in [3.8, 4) is 0 Å². The van der Waals surface area contributed by atoms with E-state index in [9.17, 15) is 4.79 Å². The van der Waals surface area contributed by atoms with Crippen molar-refractivity contribution in [2.75, 3.05) is 0 Å². The van der Waals surface area contributed by atoms with Gasteiger partial charge in [-0.2, -0.15) is 0 Å². The third-order valence-electron chi connectivity index (χ3n) is 4.24. The monoisotopic (exact) mass is 301 g/mol. The number of rotatable bonds is 5. The molecule has 1 amide bonds. The molecular weight excluding hydrogens is 282 g/mol. The van der Waals surface area contributed by atoms with Gasteiger partial charge in [0.05, 0.1) is 0 Å². The van der Waals surface area contributed by atoms with E-state index in [-0.39, 0.29) is 0 Å². The molecule has 0 aliphatic heterocycles. The van der Waals surface area contributed by atoms with E-state index in [1.807, 2.05) is 48.5 Å². The van der Waals surface area contributed by atoms with Gasteiger partial charge < -0.3 is 5.32 Å². The number of nitrogens with one attached hydrogen (secondary N) is 1. The van der Waals surface area contributed by atoms with Crippen molar-refractivity contribution in [2.45, 2.75) is 12.5 Å². The van der Waals surface area contributed by atoms with Crippen molar-refractivity contribution in [2.24, 2.45) is 0 Å². The third-order valence-corrected chi connectivity index (χ3v) is 4.24. The first kappa shape index (κ1) is 15.0. The molecule has 0 saturated carbocycles. The lowest BCUT2D eigenvalue weighted by atomic mass is 9.75. The summed E-state index contributed by atoms with van der Waals surface area (Å²) in [5.74, 6) is 0. The summed E-state index contributed by atoms with van der Waals surface area (Å²) in [6.45, 7) is 2.07. The third kappa shape index (κ3) is 2.64. The van der Waals surface area contributed by atoms with Crippen molar-refractivity contribution in [1.82, 2.24) is 5.32 Å². The average Bonchev–Trinajstić information content (AvgIpc) is 2.62. The molecule has 0 aliphatic rings. The van der Waals surface area contributed by atoms with Crippen LogP contribution in [-0.2, 0) is 10.3 Å². The summed E-state index contributed by atoms with van der Waals surface area (Å²) in [4.78, 5) is 11.5. The van der Waals surface area contributed by atoms with Crippen LogP contribution in [0.2, 0.25) is 0 Å². The van der Waals surface area contributed by atoms with Crippen molar-refractivity contribution >= 4 is 6.41 Å². The summed E-state index contributed by atoms with van der Waals surface area (Å²) in [5.41, 5.74) is 3.58. The Balaban J connectivity index is 2.36. The van der Waals surface area contributed by atoms with Crippen molar-refractivity contribution in [3.63, 3.8) is 0 Å². The Morgan fingerprint density at radius 1 is 0.739 bits per heavy atom. The Labute approximate surface area is 136 Å². The smallest absolute Gasteiger partial charge is 0.208 e. The van der Waals surface area contributed by atoms with Gasteiger partial charge in [-0.05, 0) is 29.2 Å². The molecule has 1 N–H and O–H groups in total. The van der Waals surface area contributed by atoms with Crippen LogP contribution in [0.4, 0.5) is 0 Å². The molecule has 0 atom stereocenters. The Hall–Kier alpha value is -2.87. The van der Waals surface area contributed by atoms with Crippen LogP contribution in [0.5, 0.6) is 0 Å². The van der Waals surface area contributed by atoms with Crippen LogP contribution in [0.15, 0.2) is 84.9 Å². The van der Waals surface area contributed by atoms with Crippen LogP contribution in [-0.4, -0.2) is 6.41 Å². The molecule has 23 heavy (non-hydrogen) atoms. The summed E-state index contributed by atoms with van der Waals surface area (Å²) in [5, 5.41) is 3.11. The lowest BCUT2D eigenvalue weighted by Crippen LogP contribution is -2.44. The largest absolute Gasteiger partial charge is 0.341 e. The maximum atomic E-state index is 11.5. The first-order valence-corrected chi connectivity index (χ1v) is 7.67. The van der Waals surface area contributed by atoms with Gasteiger partial charge in [0.15, 0.2) is 0 Å². The van der Waals surface area contributed by atoms with E-state index in [1.54, 1.807) is 0 Å². The quantitative estimate of drug-likeness (QED) is 0.559. The maximum absolute atomic E-state index is 11.5. The summed E-state index contributed by atoms with van der Waals surface area (Å²) in [7, 11) is 0. The molecule has 0 aliphatic carbocycles. The highest BCUT2D eigenvalue weighted by Gasteiger charge is 2.36.